The molecule has 1 atom stereocenters. The first-order valence-electron chi connectivity index (χ1n) is 6.19. The van der Waals surface area contributed by atoms with E-state index < -0.39 is 0 Å². The van der Waals surface area contributed by atoms with E-state index in [4.69, 9.17) is 4.74 Å². The van der Waals surface area contributed by atoms with E-state index in [0.717, 1.165) is 36.0 Å². The summed E-state index contributed by atoms with van der Waals surface area (Å²) in [6.07, 6.45) is 1.02. The number of ether oxygens (including phenoxy) is 1. The van der Waals surface area contributed by atoms with Crippen LogP contribution in [0.5, 0.6) is 5.75 Å². The van der Waals surface area contributed by atoms with Gasteiger partial charge in [-0.2, -0.15) is 0 Å². The Morgan fingerprint density at radius 2 is 2.33 bits per heavy atom. The SMILES string of the molecule is Cc1csc(CNC2CCOc3ccccc32)n1. The van der Waals surface area contributed by atoms with Gasteiger partial charge >= 0.3 is 0 Å². The standard InChI is InChI=1S/C14H16N2OS/c1-10-9-18-14(16-10)8-15-12-6-7-17-13-5-3-2-4-11(12)13/h2-5,9,12,15H,6-8H2,1H3. The second-order valence-corrected chi connectivity index (χ2v) is 5.43. The summed E-state index contributed by atoms with van der Waals surface area (Å²) in [4.78, 5) is 4.48. The van der Waals surface area contributed by atoms with Gasteiger partial charge in [0.05, 0.1) is 6.61 Å². The predicted molar refractivity (Wildman–Crippen MR) is 73.0 cm³/mol. The van der Waals surface area contributed by atoms with Crippen molar-refractivity contribution < 1.29 is 4.74 Å². The lowest BCUT2D eigenvalue weighted by Crippen LogP contribution is -2.26. The van der Waals surface area contributed by atoms with Gasteiger partial charge in [0.25, 0.3) is 0 Å². The van der Waals surface area contributed by atoms with E-state index in [0.29, 0.717) is 6.04 Å². The van der Waals surface area contributed by atoms with E-state index in [-0.39, 0.29) is 0 Å². The number of thiazole rings is 1. The number of hydrogen-bond donors (Lipinski definition) is 1. The van der Waals surface area contributed by atoms with Crippen LogP contribution in [0.1, 0.15) is 28.7 Å². The average molecular weight is 260 g/mol. The van der Waals surface area contributed by atoms with Crippen LogP contribution in [0.4, 0.5) is 0 Å². The molecule has 4 heteroatoms. The van der Waals surface area contributed by atoms with Gasteiger partial charge in [0, 0.05) is 35.6 Å². The van der Waals surface area contributed by atoms with Crippen molar-refractivity contribution in [2.45, 2.75) is 25.9 Å². The molecule has 1 aromatic carbocycles. The Morgan fingerprint density at radius 3 is 3.17 bits per heavy atom. The van der Waals surface area contributed by atoms with E-state index in [1.807, 2.05) is 19.1 Å². The van der Waals surface area contributed by atoms with Crippen molar-refractivity contribution in [2.75, 3.05) is 6.61 Å². The highest BCUT2D eigenvalue weighted by Gasteiger charge is 2.20. The molecule has 0 saturated carbocycles. The summed E-state index contributed by atoms with van der Waals surface area (Å²) in [5, 5.41) is 6.82. The third-order valence-corrected chi connectivity index (χ3v) is 4.09. The molecule has 18 heavy (non-hydrogen) atoms. The van der Waals surface area contributed by atoms with Crippen LogP contribution in [0.3, 0.4) is 0 Å². The third kappa shape index (κ3) is 2.40. The number of rotatable bonds is 3. The maximum Gasteiger partial charge on any atom is 0.124 e. The van der Waals surface area contributed by atoms with Gasteiger partial charge in [-0.15, -0.1) is 11.3 Å². The number of nitrogens with zero attached hydrogens (tertiary/aromatic N) is 1. The van der Waals surface area contributed by atoms with Gasteiger partial charge in [-0.1, -0.05) is 18.2 Å². The van der Waals surface area contributed by atoms with Crippen LogP contribution < -0.4 is 10.1 Å². The van der Waals surface area contributed by atoms with Crippen molar-refractivity contribution in [3.05, 3.63) is 45.9 Å². The molecule has 94 valence electrons. The molecule has 1 aromatic heterocycles. The fraction of sp³-hybridized carbons (Fsp3) is 0.357. The Labute approximate surface area is 111 Å². The van der Waals surface area contributed by atoms with E-state index in [9.17, 15) is 0 Å². The van der Waals surface area contributed by atoms with Gasteiger partial charge in [-0.25, -0.2) is 4.98 Å². The number of benzene rings is 1. The molecule has 0 saturated heterocycles. The minimum atomic E-state index is 0.374. The summed E-state index contributed by atoms with van der Waals surface area (Å²) in [5.41, 5.74) is 2.36. The number of aromatic nitrogens is 1. The Morgan fingerprint density at radius 1 is 1.44 bits per heavy atom. The summed E-state index contributed by atoms with van der Waals surface area (Å²) >= 11 is 1.71. The summed E-state index contributed by atoms with van der Waals surface area (Å²) in [7, 11) is 0. The van der Waals surface area contributed by atoms with Crippen LogP contribution in [-0.4, -0.2) is 11.6 Å². The molecule has 0 spiro atoms. The Hall–Kier alpha value is -1.39. The molecule has 1 aliphatic rings. The van der Waals surface area contributed by atoms with E-state index >= 15 is 0 Å². The molecule has 0 radical (unpaired) electrons. The number of fused-ring (bicyclic) bond motifs is 1. The maximum atomic E-state index is 5.66. The van der Waals surface area contributed by atoms with Gasteiger partial charge in [0.2, 0.25) is 0 Å². The van der Waals surface area contributed by atoms with Crippen molar-refractivity contribution in [1.82, 2.24) is 10.3 Å². The zero-order valence-electron chi connectivity index (χ0n) is 10.3. The Bertz CT molecular complexity index is 538. The van der Waals surface area contributed by atoms with E-state index in [2.05, 4.69) is 27.8 Å². The van der Waals surface area contributed by atoms with Crippen molar-refractivity contribution in [3.8, 4) is 5.75 Å². The predicted octanol–water partition coefficient (Wildman–Crippen LogP) is 3.06. The first kappa shape index (κ1) is 11.7. The summed E-state index contributed by atoms with van der Waals surface area (Å²) in [6.45, 7) is 3.65. The van der Waals surface area contributed by atoms with Crippen LogP contribution in [0.15, 0.2) is 29.6 Å². The number of hydrogen-bond acceptors (Lipinski definition) is 4. The third-order valence-electron chi connectivity index (χ3n) is 3.12. The molecule has 0 bridgehead atoms. The van der Waals surface area contributed by atoms with Gasteiger partial charge in [0.1, 0.15) is 10.8 Å². The smallest absolute Gasteiger partial charge is 0.124 e. The molecule has 0 amide bonds. The molecule has 3 nitrogen and oxygen atoms in total. The largest absolute Gasteiger partial charge is 0.493 e. The second kappa shape index (κ2) is 5.08. The number of aryl methyl sites for hydroxylation is 1. The molecular weight excluding hydrogens is 244 g/mol. The monoisotopic (exact) mass is 260 g/mol. The highest BCUT2D eigenvalue weighted by molar-refractivity contribution is 7.09. The van der Waals surface area contributed by atoms with E-state index in [1.54, 1.807) is 11.3 Å². The minimum absolute atomic E-state index is 0.374. The average Bonchev–Trinajstić information content (AvgIpc) is 2.82. The molecule has 0 aliphatic carbocycles. The normalized spacial score (nSPS) is 18.2. The first-order valence-corrected chi connectivity index (χ1v) is 7.07. The number of para-hydroxylation sites is 1. The molecule has 1 unspecified atom stereocenters. The highest BCUT2D eigenvalue weighted by atomic mass is 32.1. The van der Waals surface area contributed by atoms with Crippen molar-refractivity contribution in [2.24, 2.45) is 0 Å². The quantitative estimate of drug-likeness (QED) is 0.921. The molecule has 1 N–H and O–H groups in total. The summed E-state index contributed by atoms with van der Waals surface area (Å²) < 4.78 is 5.66. The van der Waals surface area contributed by atoms with Crippen LogP contribution in [-0.2, 0) is 6.54 Å². The lowest BCUT2D eigenvalue weighted by atomic mass is 10.0. The fourth-order valence-electron chi connectivity index (χ4n) is 2.25. The van der Waals surface area contributed by atoms with Gasteiger partial charge in [0.15, 0.2) is 0 Å². The molecule has 2 heterocycles. The first-order chi connectivity index (χ1) is 8.83. The molecular formula is C14H16N2OS. The minimum Gasteiger partial charge on any atom is -0.493 e. The van der Waals surface area contributed by atoms with Crippen molar-refractivity contribution in [1.29, 1.82) is 0 Å². The van der Waals surface area contributed by atoms with Crippen LogP contribution >= 0.6 is 11.3 Å². The van der Waals surface area contributed by atoms with E-state index in [1.165, 1.54) is 5.56 Å². The van der Waals surface area contributed by atoms with Crippen LogP contribution in [0.2, 0.25) is 0 Å². The van der Waals surface area contributed by atoms with Crippen molar-refractivity contribution >= 4 is 11.3 Å². The Balaban J connectivity index is 1.71. The van der Waals surface area contributed by atoms with Crippen LogP contribution in [0.25, 0.3) is 0 Å². The van der Waals surface area contributed by atoms with Gasteiger partial charge < -0.3 is 10.1 Å². The zero-order valence-corrected chi connectivity index (χ0v) is 11.2. The maximum absolute atomic E-state index is 5.66. The summed E-state index contributed by atoms with van der Waals surface area (Å²) in [5.74, 6) is 1.01. The Kier molecular flexibility index (Phi) is 3.30. The molecule has 1 aliphatic heterocycles. The lowest BCUT2D eigenvalue weighted by Gasteiger charge is -2.26. The molecule has 0 fully saturated rings. The second-order valence-electron chi connectivity index (χ2n) is 4.49. The molecule has 2 aromatic rings. The van der Waals surface area contributed by atoms with Crippen molar-refractivity contribution in [3.63, 3.8) is 0 Å². The number of nitrogens with one attached hydrogen (secondary N) is 1. The lowest BCUT2D eigenvalue weighted by molar-refractivity contribution is 0.252. The fourth-order valence-corrected chi connectivity index (χ4v) is 2.97. The molecule has 3 rings (SSSR count). The topological polar surface area (TPSA) is 34.1 Å². The van der Waals surface area contributed by atoms with Crippen LogP contribution in [0, 0.1) is 6.92 Å². The zero-order chi connectivity index (χ0) is 12.4. The summed E-state index contributed by atoms with van der Waals surface area (Å²) in [6, 6.07) is 8.64. The highest BCUT2D eigenvalue weighted by Crippen LogP contribution is 2.31. The van der Waals surface area contributed by atoms with Gasteiger partial charge in [-0.3, -0.25) is 0 Å². The van der Waals surface area contributed by atoms with Gasteiger partial charge in [-0.05, 0) is 13.0 Å².